The van der Waals surface area contributed by atoms with E-state index in [4.69, 9.17) is 5.73 Å². The third-order valence-corrected chi connectivity index (χ3v) is 4.17. The van der Waals surface area contributed by atoms with E-state index in [0.29, 0.717) is 12.3 Å². The molecule has 0 spiro atoms. The average molecular weight is 239 g/mol. The number of nitrogens with zero attached hydrogens (tertiary/aromatic N) is 1. The summed E-state index contributed by atoms with van der Waals surface area (Å²) in [6.45, 7) is 3.11. The van der Waals surface area contributed by atoms with Crippen LogP contribution in [0.4, 0.5) is 0 Å². The van der Waals surface area contributed by atoms with Gasteiger partial charge in [0.25, 0.3) is 0 Å². The van der Waals surface area contributed by atoms with E-state index >= 15 is 0 Å². The number of nitrogens with one attached hydrogen (secondary N) is 1. The van der Waals surface area contributed by atoms with Crippen LogP contribution >= 0.6 is 0 Å². The lowest BCUT2D eigenvalue weighted by Gasteiger charge is -2.37. The van der Waals surface area contributed by atoms with Gasteiger partial charge >= 0.3 is 0 Å². The smallest absolute Gasteiger partial charge is 0.221 e. The van der Waals surface area contributed by atoms with Crippen LogP contribution in [0.15, 0.2) is 0 Å². The quantitative estimate of drug-likeness (QED) is 0.760. The van der Waals surface area contributed by atoms with Crippen molar-refractivity contribution in [2.75, 3.05) is 26.7 Å². The third-order valence-electron chi connectivity index (χ3n) is 4.17. The molecule has 4 nitrogen and oxygen atoms in total. The Labute approximate surface area is 104 Å². The summed E-state index contributed by atoms with van der Waals surface area (Å²) in [6, 6.07) is 0. The largest absolute Gasteiger partial charge is 0.356 e. The maximum atomic E-state index is 11.8. The van der Waals surface area contributed by atoms with Crippen LogP contribution in [0.25, 0.3) is 0 Å². The van der Waals surface area contributed by atoms with Gasteiger partial charge in [-0.15, -0.1) is 0 Å². The Morgan fingerprint density at radius 1 is 1.47 bits per heavy atom. The lowest BCUT2D eigenvalue weighted by atomic mass is 9.75. The Balaban J connectivity index is 1.65. The molecule has 1 heterocycles. The summed E-state index contributed by atoms with van der Waals surface area (Å²) in [5.41, 5.74) is 5.88. The summed E-state index contributed by atoms with van der Waals surface area (Å²) in [4.78, 5) is 14.1. The Bertz CT molecular complexity index is 276. The minimum atomic E-state index is -0.187. The molecule has 0 aromatic carbocycles. The van der Waals surface area contributed by atoms with Gasteiger partial charge in [-0.05, 0) is 51.6 Å². The maximum Gasteiger partial charge on any atom is 0.221 e. The second kappa shape index (κ2) is 5.36. The van der Waals surface area contributed by atoms with E-state index in [1.54, 1.807) is 0 Å². The van der Waals surface area contributed by atoms with Crippen molar-refractivity contribution in [1.29, 1.82) is 0 Å². The Morgan fingerprint density at radius 2 is 2.24 bits per heavy atom. The van der Waals surface area contributed by atoms with Crippen molar-refractivity contribution >= 4 is 5.91 Å². The maximum absolute atomic E-state index is 11.8. The monoisotopic (exact) mass is 239 g/mol. The zero-order valence-corrected chi connectivity index (χ0v) is 10.9. The highest BCUT2D eigenvalue weighted by atomic mass is 16.1. The molecular formula is C13H25N3O. The number of amides is 1. The molecule has 0 aromatic rings. The van der Waals surface area contributed by atoms with Crippen LogP contribution in [-0.4, -0.2) is 43.0 Å². The first kappa shape index (κ1) is 12.8. The van der Waals surface area contributed by atoms with Gasteiger partial charge in [0.2, 0.25) is 5.91 Å². The van der Waals surface area contributed by atoms with Crippen LogP contribution in [0.5, 0.6) is 0 Å². The van der Waals surface area contributed by atoms with Crippen molar-refractivity contribution in [2.24, 2.45) is 11.7 Å². The Hall–Kier alpha value is -0.610. The van der Waals surface area contributed by atoms with Gasteiger partial charge in [-0.1, -0.05) is 0 Å². The van der Waals surface area contributed by atoms with Crippen molar-refractivity contribution in [3.63, 3.8) is 0 Å². The number of piperidine rings is 1. The first-order valence-electron chi connectivity index (χ1n) is 6.81. The molecule has 0 aromatic heterocycles. The van der Waals surface area contributed by atoms with Gasteiger partial charge in [0.15, 0.2) is 0 Å². The van der Waals surface area contributed by atoms with Crippen LogP contribution < -0.4 is 11.1 Å². The van der Waals surface area contributed by atoms with Crippen molar-refractivity contribution in [3.8, 4) is 0 Å². The minimum absolute atomic E-state index is 0.139. The summed E-state index contributed by atoms with van der Waals surface area (Å²) in [5, 5.41) is 3.05. The molecule has 1 amide bonds. The molecule has 1 atom stereocenters. The fourth-order valence-electron chi connectivity index (χ4n) is 2.89. The van der Waals surface area contributed by atoms with Crippen molar-refractivity contribution in [3.05, 3.63) is 0 Å². The highest BCUT2D eigenvalue weighted by Gasteiger charge is 2.34. The van der Waals surface area contributed by atoms with Gasteiger partial charge in [-0.25, -0.2) is 0 Å². The number of carbonyl (C=O) groups excluding carboxylic acids is 1. The van der Waals surface area contributed by atoms with Gasteiger partial charge in [-0.2, -0.15) is 0 Å². The van der Waals surface area contributed by atoms with E-state index in [-0.39, 0.29) is 11.4 Å². The summed E-state index contributed by atoms with van der Waals surface area (Å²) in [5.74, 6) is 0.758. The predicted octanol–water partition coefficient (Wildman–Crippen LogP) is 0.716. The lowest BCUT2D eigenvalue weighted by molar-refractivity contribution is -0.123. The lowest BCUT2D eigenvalue weighted by Crippen LogP contribution is -2.50. The van der Waals surface area contributed by atoms with Crippen LogP contribution in [-0.2, 0) is 4.79 Å². The topological polar surface area (TPSA) is 58.4 Å². The van der Waals surface area contributed by atoms with Crippen molar-refractivity contribution in [2.45, 2.75) is 44.1 Å². The first-order chi connectivity index (χ1) is 8.07. The van der Waals surface area contributed by atoms with E-state index in [0.717, 1.165) is 25.9 Å². The number of likely N-dealkylation sites (tertiary alicyclic amines) is 1. The second-order valence-electron chi connectivity index (χ2n) is 5.97. The Kier molecular flexibility index (Phi) is 4.05. The highest BCUT2D eigenvalue weighted by Crippen LogP contribution is 2.31. The predicted molar refractivity (Wildman–Crippen MR) is 68.6 cm³/mol. The van der Waals surface area contributed by atoms with Crippen LogP contribution in [0, 0.1) is 5.92 Å². The summed E-state index contributed by atoms with van der Waals surface area (Å²) < 4.78 is 0. The summed E-state index contributed by atoms with van der Waals surface area (Å²) in [6.07, 6.45) is 6.18. The van der Waals surface area contributed by atoms with Gasteiger partial charge in [0, 0.05) is 25.0 Å². The van der Waals surface area contributed by atoms with E-state index < -0.39 is 0 Å². The van der Waals surface area contributed by atoms with E-state index in [2.05, 4.69) is 17.3 Å². The van der Waals surface area contributed by atoms with Crippen molar-refractivity contribution < 1.29 is 4.79 Å². The molecule has 2 fully saturated rings. The molecule has 1 saturated heterocycles. The molecule has 2 rings (SSSR count). The molecule has 4 heteroatoms. The van der Waals surface area contributed by atoms with Gasteiger partial charge in [0.05, 0.1) is 0 Å². The molecule has 0 bridgehead atoms. The minimum Gasteiger partial charge on any atom is -0.356 e. The molecule has 0 radical (unpaired) electrons. The standard InChI is InChI=1S/C13H25N3O/c1-16-7-2-4-11(10-16)9-15-12(17)8-13(14)5-3-6-13/h11H,2-10,14H2,1H3,(H,15,17). The molecule has 1 aliphatic heterocycles. The molecule has 17 heavy (non-hydrogen) atoms. The molecule has 2 aliphatic rings. The third kappa shape index (κ3) is 3.68. The van der Waals surface area contributed by atoms with Gasteiger partial charge in [-0.3, -0.25) is 4.79 Å². The average Bonchev–Trinajstić information content (AvgIpc) is 2.24. The van der Waals surface area contributed by atoms with Gasteiger partial charge in [0.1, 0.15) is 0 Å². The number of nitrogens with two attached hydrogens (primary N) is 1. The Morgan fingerprint density at radius 3 is 2.82 bits per heavy atom. The van der Waals surface area contributed by atoms with Crippen LogP contribution in [0.1, 0.15) is 38.5 Å². The SMILES string of the molecule is CN1CCCC(CNC(=O)CC2(N)CCC2)C1. The number of carbonyl (C=O) groups is 1. The zero-order chi connectivity index (χ0) is 12.3. The number of hydrogen-bond donors (Lipinski definition) is 2. The molecular weight excluding hydrogens is 214 g/mol. The number of rotatable bonds is 4. The molecule has 1 unspecified atom stereocenters. The first-order valence-corrected chi connectivity index (χ1v) is 6.81. The molecule has 98 valence electrons. The van der Waals surface area contributed by atoms with Crippen LogP contribution in [0.2, 0.25) is 0 Å². The summed E-state index contributed by atoms with van der Waals surface area (Å²) >= 11 is 0. The summed E-state index contributed by atoms with van der Waals surface area (Å²) in [7, 11) is 2.15. The fourth-order valence-corrected chi connectivity index (χ4v) is 2.89. The van der Waals surface area contributed by atoms with E-state index in [1.165, 1.54) is 25.8 Å². The molecule has 3 N–H and O–H groups in total. The molecule has 1 aliphatic carbocycles. The highest BCUT2D eigenvalue weighted by molar-refractivity contribution is 5.77. The van der Waals surface area contributed by atoms with Gasteiger partial charge < -0.3 is 16.0 Å². The second-order valence-corrected chi connectivity index (χ2v) is 5.97. The zero-order valence-electron chi connectivity index (χ0n) is 10.9. The van der Waals surface area contributed by atoms with E-state index in [1.807, 2.05) is 0 Å². The van der Waals surface area contributed by atoms with Crippen molar-refractivity contribution in [1.82, 2.24) is 10.2 Å². The van der Waals surface area contributed by atoms with Crippen LogP contribution in [0.3, 0.4) is 0 Å². The normalized spacial score (nSPS) is 28.5. The molecule has 1 saturated carbocycles. The number of hydrogen-bond acceptors (Lipinski definition) is 3. The fraction of sp³-hybridized carbons (Fsp3) is 0.923. The van der Waals surface area contributed by atoms with E-state index in [9.17, 15) is 4.79 Å².